The summed E-state index contributed by atoms with van der Waals surface area (Å²) in [7, 11) is 1.94. The van der Waals surface area contributed by atoms with E-state index in [9.17, 15) is 14.7 Å². The molecule has 2 unspecified atom stereocenters. The maximum absolute atomic E-state index is 17.5. The number of aromatic nitrogens is 5. The smallest absolute Gasteiger partial charge is 0.409 e. The van der Waals surface area contributed by atoms with Gasteiger partial charge in [0.1, 0.15) is 42.3 Å². The maximum atomic E-state index is 17.5. The molecule has 6 fully saturated rings. The molecule has 10 heterocycles. The first-order valence-electron chi connectivity index (χ1n) is 28.9. The molecule has 16 nitrogen and oxygen atoms in total. The highest BCUT2D eigenvalue weighted by atomic mass is 19.1. The van der Waals surface area contributed by atoms with Crippen LogP contribution in [0.5, 0.6) is 6.01 Å². The van der Waals surface area contributed by atoms with Crippen molar-refractivity contribution in [2.45, 2.75) is 120 Å². The Hall–Kier alpha value is -6.68. The van der Waals surface area contributed by atoms with E-state index in [1.165, 1.54) is 11.8 Å². The second-order valence-electron chi connectivity index (χ2n) is 23.6. The molecular weight excluding hydrogens is 1010 g/mol. The molecule has 7 aliphatic rings. The number of anilines is 2. The summed E-state index contributed by atoms with van der Waals surface area (Å²) in [5.41, 5.74) is 4.03. The summed E-state index contributed by atoms with van der Waals surface area (Å²) in [5, 5.41) is 20.8. The van der Waals surface area contributed by atoms with Gasteiger partial charge in [-0.1, -0.05) is 37.1 Å². The molecule has 13 rings (SSSR count). The Morgan fingerprint density at radius 3 is 2.67 bits per heavy atom. The number of carbonyl (C=O) groups excluding carboxylic acids is 2. The number of aliphatic hydroxyl groups excluding tert-OH is 1. The van der Waals surface area contributed by atoms with Crippen LogP contribution in [0.2, 0.25) is 0 Å². The third kappa shape index (κ3) is 9.46. The number of hydrogen-bond acceptors (Lipinski definition) is 13. The van der Waals surface area contributed by atoms with Gasteiger partial charge >= 0.3 is 12.1 Å². The molecule has 0 bridgehead atoms. The SMILES string of the molecule is C#Cc1c(F)ccc2cccc(-c3nc4c5c(nc(OC[C@@]67CCCN6[C@H](COC(=O)N6CC[C@@H](CC8CCN(c9ccc%10c(C%11CCC(=O)NC%11O)nn(C)c%10c9)CC8)[C@@H](C)C6)CC7)nc5c3F)N3CCCOC[C@@H]3CC4)c12. The first-order valence-corrected chi connectivity index (χ1v) is 28.9. The number of aryl methyl sites for hydroxylation is 2. The summed E-state index contributed by atoms with van der Waals surface area (Å²) in [4.78, 5) is 49.6. The minimum absolute atomic E-state index is 0.00290. The Morgan fingerprint density at radius 2 is 1.84 bits per heavy atom. The van der Waals surface area contributed by atoms with Crippen molar-refractivity contribution in [3.8, 4) is 29.6 Å². The number of benzene rings is 3. The molecular formula is C61H70F2N10O6. The van der Waals surface area contributed by atoms with Gasteiger partial charge in [-0.25, -0.2) is 18.6 Å². The molecule has 3 aromatic carbocycles. The molecule has 18 heteroatoms. The number of carbonyl (C=O) groups is 2. The molecule has 0 radical (unpaired) electrons. The van der Waals surface area contributed by atoms with E-state index in [4.69, 9.17) is 40.7 Å². The molecule has 3 aromatic heterocycles. The van der Waals surface area contributed by atoms with Crippen LogP contribution in [0.1, 0.15) is 107 Å². The van der Waals surface area contributed by atoms with Gasteiger partial charge in [-0.15, -0.1) is 6.42 Å². The van der Waals surface area contributed by atoms with Gasteiger partial charge in [0.05, 0.1) is 46.0 Å². The zero-order valence-corrected chi connectivity index (χ0v) is 45.3. The van der Waals surface area contributed by atoms with E-state index in [1.807, 2.05) is 22.7 Å². The van der Waals surface area contributed by atoms with Crippen molar-refractivity contribution in [3.63, 3.8) is 0 Å². The van der Waals surface area contributed by atoms with Gasteiger partial charge in [-0.2, -0.15) is 15.1 Å². The van der Waals surface area contributed by atoms with Gasteiger partial charge in [0, 0.05) is 86.8 Å². The van der Waals surface area contributed by atoms with E-state index in [0.717, 1.165) is 100 Å². The first-order chi connectivity index (χ1) is 38.4. The Labute approximate surface area is 459 Å². The number of likely N-dealkylation sites (tertiary alicyclic amines) is 1. The second-order valence-corrected chi connectivity index (χ2v) is 23.6. The highest BCUT2D eigenvalue weighted by Gasteiger charge is 2.50. The molecule has 2 N–H and O–H groups in total. The standard InChI is InChI=1S/C61H70F2N10O6/c1-4-43-47(62)15-10-38-8-5-9-45(51(38)43)55-53(63)56-52-48(64-55)16-12-41-33-77-29-7-24-72(41)57(52)67-59(66-56)79-35-61-22-6-25-73(61)42(18-23-61)34-78-60(76)71-28-21-39(36(2)32-71)30-37-19-26-70(27-20-37)40-11-13-44-49(31-40)69(3)68-54(44)46-14-17-50(74)65-58(46)75/h1,5,8-11,13,15,31,36-37,39,41-42,46,58,75H,6-7,12,14,16-30,32-35H2,2-3H3,(H,65,74)/t36-,39-,41-,42-,46?,58?,61-/m0/s1. The van der Waals surface area contributed by atoms with Gasteiger partial charge in [-0.05, 0) is 131 Å². The van der Waals surface area contributed by atoms with Crippen molar-refractivity contribution in [2.75, 3.05) is 75.5 Å². The highest BCUT2D eigenvalue weighted by molar-refractivity contribution is 6.03. The number of ether oxygens (including phenoxy) is 3. The van der Waals surface area contributed by atoms with E-state index in [2.05, 4.69) is 51.1 Å². The minimum Gasteiger partial charge on any atom is -0.461 e. The van der Waals surface area contributed by atoms with Crippen molar-refractivity contribution >= 4 is 56.1 Å². The minimum atomic E-state index is -0.932. The average Bonchev–Trinajstić information content (AvgIpc) is 4.26. The number of hydrogen-bond donors (Lipinski definition) is 2. The number of terminal acetylenes is 1. The summed E-state index contributed by atoms with van der Waals surface area (Å²) >= 11 is 0. The number of rotatable bonds is 10. The summed E-state index contributed by atoms with van der Waals surface area (Å²) in [6, 6.07) is 15.0. The van der Waals surface area contributed by atoms with E-state index in [-0.39, 0.29) is 58.3 Å². The van der Waals surface area contributed by atoms with Crippen LogP contribution >= 0.6 is 0 Å². The number of aliphatic hydroxyl groups is 1. The number of amides is 2. The predicted molar refractivity (Wildman–Crippen MR) is 297 cm³/mol. The Bertz CT molecular complexity index is 3400. The van der Waals surface area contributed by atoms with Crippen LogP contribution < -0.4 is 19.9 Å². The van der Waals surface area contributed by atoms with Crippen molar-refractivity contribution in [2.24, 2.45) is 24.8 Å². The summed E-state index contributed by atoms with van der Waals surface area (Å²) < 4.78 is 53.5. The predicted octanol–water partition coefficient (Wildman–Crippen LogP) is 8.62. The second kappa shape index (κ2) is 21.1. The zero-order chi connectivity index (χ0) is 54.1. The van der Waals surface area contributed by atoms with E-state index >= 15 is 8.78 Å². The Balaban J connectivity index is 0.641. The summed E-state index contributed by atoms with van der Waals surface area (Å²) in [5.74, 6) is 3.09. The lowest BCUT2D eigenvalue weighted by molar-refractivity contribution is -0.127. The third-order valence-electron chi connectivity index (χ3n) is 19.1. The Kier molecular flexibility index (Phi) is 13.8. The van der Waals surface area contributed by atoms with E-state index in [1.54, 1.807) is 18.2 Å². The first kappa shape index (κ1) is 51.7. The number of halogens is 2. The lowest BCUT2D eigenvalue weighted by Crippen LogP contribution is -2.49. The van der Waals surface area contributed by atoms with Crippen molar-refractivity contribution in [1.82, 2.24) is 39.8 Å². The third-order valence-corrected chi connectivity index (χ3v) is 19.1. The maximum Gasteiger partial charge on any atom is 0.409 e. The normalized spacial score (nSPS) is 26.7. The summed E-state index contributed by atoms with van der Waals surface area (Å²) in [6.07, 6.45) is 15.7. The van der Waals surface area contributed by atoms with E-state index < -0.39 is 17.9 Å². The number of fused-ring (bicyclic) bond motifs is 5. The van der Waals surface area contributed by atoms with Gasteiger partial charge in [0.15, 0.2) is 5.82 Å². The van der Waals surface area contributed by atoms with Crippen LogP contribution in [-0.4, -0.2) is 141 Å². The van der Waals surface area contributed by atoms with Crippen molar-refractivity contribution in [1.29, 1.82) is 0 Å². The van der Waals surface area contributed by atoms with Crippen LogP contribution in [0.25, 0.3) is 43.8 Å². The molecule has 6 saturated heterocycles. The largest absolute Gasteiger partial charge is 0.461 e. The topological polar surface area (TPSA) is 164 Å². The molecule has 6 aromatic rings. The fourth-order valence-electron chi connectivity index (χ4n) is 14.8. The quantitative estimate of drug-likeness (QED) is 0.126. The molecule has 7 aliphatic heterocycles. The van der Waals surface area contributed by atoms with Crippen LogP contribution in [-0.2, 0) is 27.7 Å². The number of nitrogens with one attached hydrogen (secondary N) is 1. The fraction of sp³-hybridized carbons (Fsp3) is 0.541. The molecule has 0 aliphatic carbocycles. The average molecular weight is 1080 g/mol. The monoisotopic (exact) mass is 1080 g/mol. The van der Waals surface area contributed by atoms with Gasteiger partial charge in [-0.3, -0.25) is 14.4 Å². The van der Waals surface area contributed by atoms with Crippen LogP contribution in [0.15, 0.2) is 48.5 Å². The molecule has 79 heavy (non-hydrogen) atoms. The number of piperidine rings is 3. The fourth-order valence-corrected chi connectivity index (χ4v) is 14.8. The zero-order valence-electron chi connectivity index (χ0n) is 45.3. The lowest BCUT2D eigenvalue weighted by Gasteiger charge is -2.40. The molecule has 0 spiro atoms. The van der Waals surface area contributed by atoms with Gasteiger partial charge < -0.3 is 39.3 Å². The van der Waals surface area contributed by atoms with Gasteiger partial charge in [0.2, 0.25) is 5.91 Å². The van der Waals surface area contributed by atoms with Crippen LogP contribution in [0.4, 0.5) is 25.1 Å². The molecule has 2 amide bonds. The highest BCUT2D eigenvalue weighted by Crippen LogP contribution is 2.45. The number of nitrogens with zero attached hydrogens (tertiary/aromatic N) is 9. The number of pyridine rings is 1. The van der Waals surface area contributed by atoms with E-state index in [0.29, 0.717) is 116 Å². The summed E-state index contributed by atoms with van der Waals surface area (Å²) in [6.45, 7) is 8.93. The molecule has 7 atom stereocenters. The van der Waals surface area contributed by atoms with Crippen LogP contribution in [0.3, 0.4) is 0 Å². The van der Waals surface area contributed by atoms with Crippen LogP contribution in [0, 0.1) is 41.7 Å². The molecule has 414 valence electrons. The van der Waals surface area contributed by atoms with Gasteiger partial charge in [0.25, 0.3) is 0 Å². The van der Waals surface area contributed by atoms with Crippen molar-refractivity contribution in [3.05, 3.63) is 77.1 Å². The lowest BCUT2D eigenvalue weighted by atomic mass is 9.78. The Morgan fingerprint density at radius 1 is 0.962 bits per heavy atom. The molecule has 0 saturated carbocycles. The van der Waals surface area contributed by atoms with Crippen molar-refractivity contribution < 1.29 is 37.7 Å².